The van der Waals surface area contributed by atoms with Gasteiger partial charge in [-0.05, 0) is 42.5 Å². The minimum absolute atomic E-state index is 0.593. The molecule has 0 unspecified atom stereocenters. The van der Waals surface area contributed by atoms with Gasteiger partial charge in [0.15, 0.2) is 0 Å². The van der Waals surface area contributed by atoms with E-state index >= 15 is 0 Å². The molecule has 0 saturated carbocycles. The van der Waals surface area contributed by atoms with Crippen molar-refractivity contribution in [3.05, 3.63) is 90.0 Å². The molecule has 1 fully saturated rings. The molecule has 3 aromatic carbocycles. The number of rotatable bonds is 5. The van der Waals surface area contributed by atoms with Crippen LogP contribution in [0.4, 0.5) is 18.9 Å². The van der Waals surface area contributed by atoms with Gasteiger partial charge in [0.1, 0.15) is 18.0 Å². The van der Waals surface area contributed by atoms with Crippen molar-refractivity contribution in [2.24, 2.45) is 0 Å². The largest absolute Gasteiger partial charge is 0.457 e. The second-order valence-corrected chi connectivity index (χ2v) is 7.52. The number of para-hydroxylation sites is 1. The van der Waals surface area contributed by atoms with Crippen molar-refractivity contribution in [3.8, 4) is 11.5 Å². The van der Waals surface area contributed by atoms with Crippen LogP contribution >= 0.6 is 0 Å². The summed E-state index contributed by atoms with van der Waals surface area (Å²) in [6, 6.07) is 23.3. The fourth-order valence-corrected chi connectivity index (χ4v) is 3.77. The summed E-state index contributed by atoms with van der Waals surface area (Å²) < 4.78 is 44.8. The molecule has 156 valence electrons. The van der Waals surface area contributed by atoms with E-state index in [1.807, 2.05) is 47.4 Å². The van der Waals surface area contributed by atoms with E-state index < -0.39 is 11.7 Å². The van der Waals surface area contributed by atoms with Crippen LogP contribution in [0, 0.1) is 0 Å². The maximum atomic E-state index is 13.0. The van der Waals surface area contributed by atoms with Gasteiger partial charge in [0, 0.05) is 11.3 Å². The molecular formula is C24H24F3N2O+. The monoisotopic (exact) mass is 413 g/mol. The summed E-state index contributed by atoms with van der Waals surface area (Å²) in [4.78, 5) is 3.45. The van der Waals surface area contributed by atoms with Crippen LogP contribution in [0.3, 0.4) is 0 Å². The second kappa shape index (κ2) is 8.79. The lowest BCUT2D eigenvalue weighted by molar-refractivity contribution is -0.914. The second-order valence-electron chi connectivity index (χ2n) is 7.52. The highest BCUT2D eigenvalue weighted by molar-refractivity contribution is 5.49. The summed E-state index contributed by atoms with van der Waals surface area (Å²) in [6.07, 6.45) is -4.31. The first-order chi connectivity index (χ1) is 14.5. The Bertz CT molecular complexity index is 967. The Balaban J connectivity index is 1.35. The Morgan fingerprint density at radius 2 is 1.50 bits per heavy atom. The first-order valence-corrected chi connectivity index (χ1v) is 10.0. The van der Waals surface area contributed by atoms with E-state index in [1.54, 1.807) is 6.07 Å². The summed E-state index contributed by atoms with van der Waals surface area (Å²) in [5.41, 5.74) is 1.23. The summed E-state index contributed by atoms with van der Waals surface area (Å²) in [7, 11) is 0. The lowest BCUT2D eigenvalue weighted by Crippen LogP contribution is -3.13. The number of hydrogen-bond donors (Lipinski definition) is 1. The fraction of sp³-hybridized carbons (Fsp3) is 0.250. The van der Waals surface area contributed by atoms with Crippen LogP contribution in [0.5, 0.6) is 11.5 Å². The predicted octanol–water partition coefficient (Wildman–Crippen LogP) is 4.40. The van der Waals surface area contributed by atoms with Crippen LogP contribution in [0.25, 0.3) is 0 Å². The van der Waals surface area contributed by atoms with Gasteiger partial charge in [0.05, 0.1) is 31.7 Å². The maximum absolute atomic E-state index is 13.0. The van der Waals surface area contributed by atoms with Crippen LogP contribution in [-0.2, 0) is 12.7 Å². The molecule has 3 nitrogen and oxygen atoms in total. The van der Waals surface area contributed by atoms with Crippen molar-refractivity contribution in [2.75, 3.05) is 31.1 Å². The van der Waals surface area contributed by atoms with Gasteiger partial charge in [0.2, 0.25) is 0 Å². The van der Waals surface area contributed by atoms with Crippen molar-refractivity contribution < 1.29 is 22.8 Å². The lowest BCUT2D eigenvalue weighted by Gasteiger charge is -2.34. The summed E-state index contributed by atoms with van der Waals surface area (Å²) in [6.45, 7) is 4.08. The number of piperazine rings is 1. The SMILES string of the molecule is FC(F)(F)c1cccc(N2CC[NH+](Cc3cccc(Oc4ccccc4)c3)CC2)c1. The molecule has 0 radical (unpaired) electrons. The minimum atomic E-state index is -4.31. The molecule has 1 aliphatic rings. The van der Waals surface area contributed by atoms with Crippen LogP contribution in [0.2, 0.25) is 0 Å². The highest BCUT2D eigenvalue weighted by Crippen LogP contribution is 2.31. The number of benzene rings is 3. The highest BCUT2D eigenvalue weighted by Gasteiger charge is 2.31. The zero-order valence-electron chi connectivity index (χ0n) is 16.5. The van der Waals surface area contributed by atoms with E-state index in [9.17, 15) is 13.2 Å². The van der Waals surface area contributed by atoms with E-state index in [4.69, 9.17) is 4.74 Å². The zero-order valence-corrected chi connectivity index (χ0v) is 16.5. The van der Waals surface area contributed by atoms with Gasteiger partial charge in [-0.15, -0.1) is 0 Å². The molecule has 1 heterocycles. The van der Waals surface area contributed by atoms with Gasteiger partial charge in [-0.25, -0.2) is 0 Å². The molecule has 1 saturated heterocycles. The molecule has 30 heavy (non-hydrogen) atoms. The average molecular weight is 413 g/mol. The van der Waals surface area contributed by atoms with Gasteiger partial charge < -0.3 is 14.5 Å². The summed E-state index contributed by atoms with van der Waals surface area (Å²) >= 11 is 0. The Labute approximate surface area is 174 Å². The van der Waals surface area contributed by atoms with Gasteiger partial charge >= 0.3 is 6.18 Å². The zero-order chi connectivity index (χ0) is 21.0. The fourth-order valence-electron chi connectivity index (χ4n) is 3.77. The van der Waals surface area contributed by atoms with Crippen molar-refractivity contribution in [3.63, 3.8) is 0 Å². The lowest BCUT2D eigenvalue weighted by atomic mass is 10.1. The van der Waals surface area contributed by atoms with Crippen LogP contribution < -0.4 is 14.5 Å². The number of hydrogen-bond acceptors (Lipinski definition) is 2. The third-order valence-electron chi connectivity index (χ3n) is 5.34. The number of halogens is 3. The van der Waals surface area contributed by atoms with Crippen LogP contribution in [0.1, 0.15) is 11.1 Å². The quantitative estimate of drug-likeness (QED) is 0.668. The Hall–Kier alpha value is -2.99. The normalized spacial score (nSPS) is 15.2. The van der Waals surface area contributed by atoms with Gasteiger partial charge in [0.25, 0.3) is 0 Å². The maximum Gasteiger partial charge on any atom is 0.416 e. The number of alkyl halides is 3. The average Bonchev–Trinajstić information content (AvgIpc) is 2.75. The molecule has 6 heteroatoms. The third-order valence-corrected chi connectivity index (χ3v) is 5.34. The molecular weight excluding hydrogens is 389 g/mol. The molecule has 1 aliphatic heterocycles. The van der Waals surface area contributed by atoms with Crippen molar-refractivity contribution in [2.45, 2.75) is 12.7 Å². The van der Waals surface area contributed by atoms with E-state index in [1.165, 1.54) is 22.6 Å². The smallest absolute Gasteiger partial charge is 0.416 e. The van der Waals surface area contributed by atoms with Gasteiger partial charge in [-0.3, -0.25) is 0 Å². The summed E-state index contributed by atoms with van der Waals surface area (Å²) in [5.74, 6) is 1.61. The molecule has 0 amide bonds. The third kappa shape index (κ3) is 5.13. The van der Waals surface area contributed by atoms with Crippen LogP contribution in [0.15, 0.2) is 78.9 Å². The van der Waals surface area contributed by atoms with Crippen molar-refractivity contribution in [1.82, 2.24) is 0 Å². The van der Waals surface area contributed by atoms with Gasteiger partial charge in [-0.2, -0.15) is 13.2 Å². The molecule has 0 atom stereocenters. The molecule has 3 aromatic rings. The Kier molecular flexibility index (Phi) is 5.95. The van der Waals surface area contributed by atoms with Gasteiger partial charge in [-0.1, -0.05) is 36.4 Å². The molecule has 0 aromatic heterocycles. The highest BCUT2D eigenvalue weighted by atomic mass is 19.4. The van der Waals surface area contributed by atoms with Crippen molar-refractivity contribution in [1.29, 1.82) is 0 Å². The summed E-state index contributed by atoms with van der Waals surface area (Å²) in [5, 5.41) is 0. The number of nitrogens with one attached hydrogen (secondary N) is 1. The van der Waals surface area contributed by atoms with Crippen LogP contribution in [-0.4, -0.2) is 26.2 Å². The topological polar surface area (TPSA) is 16.9 Å². The molecule has 1 N–H and O–H groups in total. The number of ether oxygens (including phenoxy) is 1. The van der Waals surface area contributed by atoms with E-state index in [0.29, 0.717) is 5.69 Å². The van der Waals surface area contributed by atoms with Crippen molar-refractivity contribution >= 4 is 5.69 Å². The Morgan fingerprint density at radius 1 is 0.800 bits per heavy atom. The Morgan fingerprint density at radius 3 is 2.23 bits per heavy atom. The number of nitrogens with zero attached hydrogens (tertiary/aromatic N) is 1. The first kappa shape index (κ1) is 20.3. The standard InChI is InChI=1S/C24H23F3N2O/c25-24(26,27)20-7-5-8-21(17-20)29-14-12-28(13-15-29)18-19-6-4-11-23(16-19)30-22-9-2-1-3-10-22/h1-11,16-17H,12-15,18H2/p+1. The molecule has 0 aliphatic carbocycles. The predicted molar refractivity (Wildman–Crippen MR) is 111 cm³/mol. The van der Waals surface area contributed by atoms with E-state index in [2.05, 4.69) is 12.1 Å². The number of anilines is 1. The minimum Gasteiger partial charge on any atom is -0.457 e. The number of quaternary nitrogens is 1. The molecule has 4 rings (SSSR count). The van der Waals surface area contributed by atoms with E-state index in [0.717, 1.165) is 50.3 Å². The van der Waals surface area contributed by atoms with E-state index in [-0.39, 0.29) is 0 Å². The molecule has 0 bridgehead atoms. The first-order valence-electron chi connectivity index (χ1n) is 10.0. The molecule has 0 spiro atoms.